The van der Waals surface area contributed by atoms with Gasteiger partial charge in [0.05, 0.1) is 6.54 Å². The highest BCUT2D eigenvalue weighted by Crippen LogP contribution is 2.17. The van der Waals surface area contributed by atoms with Crippen molar-refractivity contribution in [3.8, 4) is 0 Å². The first kappa shape index (κ1) is 13.6. The van der Waals surface area contributed by atoms with Crippen molar-refractivity contribution in [1.29, 1.82) is 0 Å². The number of hydrogen-bond donors (Lipinski definition) is 1. The van der Waals surface area contributed by atoms with Crippen LogP contribution in [0.3, 0.4) is 0 Å². The van der Waals surface area contributed by atoms with Gasteiger partial charge in [-0.1, -0.05) is 0 Å². The zero-order valence-electron chi connectivity index (χ0n) is 11.4. The largest absolute Gasteiger partial charge is 0.350 e. The molecule has 1 aliphatic heterocycles. The molecule has 19 heavy (non-hydrogen) atoms. The fourth-order valence-corrected chi connectivity index (χ4v) is 2.49. The van der Waals surface area contributed by atoms with Crippen LogP contribution in [-0.2, 0) is 16.1 Å². The Morgan fingerprint density at radius 1 is 1.53 bits per heavy atom. The molecule has 1 aromatic rings. The van der Waals surface area contributed by atoms with Crippen LogP contribution in [0, 0.1) is 0 Å². The first-order chi connectivity index (χ1) is 9.08. The highest BCUT2D eigenvalue weighted by molar-refractivity contribution is 5.87. The fraction of sp³-hybridized carbons (Fsp3) is 0.615. The summed E-state index contributed by atoms with van der Waals surface area (Å²) in [4.78, 5) is 25.2. The number of aromatic nitrogens is 2. The van der Waals surface area contributed by atoms with E-state index in [9.17, 15) is 9.59 Å². The second-order valence-electron chi connectivity index (χ2n) is 5.01. The molecule has 104 valence electrons. The molecular weight excluding hydrogens is 244 g/mol. The number of likely N-dealkylation sites (tertiary alicyclic amines) is 1. The predicted octanol–water partition coefficient (Wildman–Crippen LogP) is 0.399. The van der Waals surface area contributed by atoms with Gasteiger partial charge >= 0.3 is 0 Å². The van der Waals surface area contributed by atoms with E-state index in [4.69, 9.17) is 0 Å². The lowest BCUT2D eigenvalue weighted by atomic mass is 10.2. The minimum absolute atomic E-state index is 0.0122. The molecule has 2 atom stereocenters. The Kier molecular flexibility index (Phi) is 4.19. The van der Waals surface area contributed by atoms with Crippen LogP contribution in [0.25, 0.3) is 0 Å². The Hall–Kier alpha value is -1.85. The number of carbonyl (C=O) groups is 2. The normalized spacial score (nSPS) is 20.3. The van der Waals surface area contributed by atoms with Crippen molar-refractivity contribution in [2.45, 2.75) is 45.3 Å². The minimum atomic E-state index is -0.308. The monoisotopic (exact) mass is 264 g/mol. The van der Waals surface area contributed by atoms with Crippen molar-refractivity contribution in [2.24, 2.45) is 0 Å². The average molecular weight is 264 g/mol. The molecule has 6 nitrogen and oxygen atoms in total. The highest BCUT2D eigenvalue weighted by Gasteiger charge is 2.32. The van der Waals surface area contributed by atoms with Gasteiger partial charge in [0, 0.05) is 31.9 Å². The quantitative estimate of drug-likeness (QED) is 0.856. The molecule has 2 heterocycles. The third-order valence-electron chi connectivity index (χ3n) is 3.37. The van der Waals surface area contributed by atoms with Crippen LogP contribution in [0.1, 0.15) is 26.7 Å². The molecule has 0 aromatic carbocycles. The standard InChI is InChI=1S/C13H20N4O2/c1-10(9-16-7-4-6-14-16)15-13(19)12-5-3-8-17(12)11(2)18/h4,6-7,10,12H,3,5,8-9H2,1-2H3,(H,15,19)/t10?,12-/m0/s1. The van der Waals surface area contributed by atoms with Gasteiger partial charge in [-0.3, -0.25) is 14.3 Å². The second-order valence-corrected chi connectivity index (χ2v) is 5.01. The van der Waals surface area contributed by atoms with Gasteiger partial charge in [-0.25, -0.2) is 0 Å². The van der Waals surface area contributed by atoms with E-state index in [-0.39, 0.29) is 23.9 Å². The van der Waals surface area contributed by atoms with E-state index in [0.29, 0.717) is 13.1 Å². The predicted molar refractivity (Wildman–Crippen MR) is 70.2 cm³/mol. The van der Waals surface area contributed by atoms with Crippen molar-refractivity contribution in [1.82, 2.24) is 20.0 Å². The second kappa shape index (κ2) is 5.86. The summed E-state index contributed by atoms with van der Waals surface area (Å²) >= 11 is 0. The lowest BCUT2D eigenvalue weighted by Crippen LogP contribution is -2.48. The summed E-state index contributed by atoms with van der Waals surface area (Å²) in [5.74, 6) is -0.0928. The van der Waals surface area contributed by atoms with Crippen LogP contribution >= 0.6 is 0 Å². The Morgan fingerprint density at radius 2 is 2.32 bits per heavy atom. The van der Waals surface area contributed by atoms with E-state index in [0.717, 1.165) is 12.8 Å². The van der Waals surface area contributed by atoms with Gasteiger partial charge in [0.1, 0.15) is 6.04 Å². The molecular formula is C13H20N4O2. The number of rotatable bonds is 4. The number of amides is 2. The Bertz CT molecular complexity index is 444. The van der Waals surface area contributed by atoms with E-state index < -0.39 is 0 Å². The summed E-state index contributed by atoms with van der Waals surface area (Å²) in [5, 5.41) is 7.06. The van der Waals surface area contributed by atoms with Crippen molar-refractivity contribution < 1.29 is 9.59 Å². The Morgan fingerprint density at radius 3 is 2.95 bits per heavy atom. The molecule has 1 fully saturated rings. The summed E-state index contributed by atoms with van der Waals surface area (Å²) in [6, 6.07) is 1.53. The summed E-state index contributed by atoms with van der Waals surface area (Å²) in [6.07, 6.45) is 5.22. The van der Waals surface area contributed by atoms with Crippen LogP contribution in [0.15, 0.2) is 18.5 Å². The van der Waals surface area contributed by atoms with E-state index in [1.807, 2.05) is 19.2 Å². The molecule has 6 heteroatoms. The summed E-state index contributed by atoms with van der Waals surface area (Å²) in [5.41, 5.74) is 0. The Balaban J connectivity index is 1.88. The Labute approximate surface area is 112 Å². The lowest BCUT2D eigenvalue weighted by Gasteiger charge is -2.24. The third-order valence-corrected chi connectivity index (χ3v) is 3.37. The van der Waals surface area contributed by atoms with Crippen molar-refractivity contribution >= 4 is 11.8 Å². The van der Waals surface area contributed by atoms with Gasteiger partial charge in [0.2, 0.25) is 11.8 Å². The van der Waals surface area contributed by atoms with Crippen molar-refractivity contribution in [3.05, 3.63) is 18.5 Å². The zero-order chi connectivity index (χ0) is 13.8. The maximum atomic E-state index is 12.2. The maximum Gasteiger partial charge on any atom is 0.243 e. The first-order valence-corrected chi connectivity index (χ1v) is 6.63. The molecule has 1 saturated heterocycles. The molecule has 1 N–H and O–H groups in total. The minimum Gasteiger partial charge on any atom is -0.350 e. The fourth-order valence-electron chi connectivity index (χ4n) is 2.49. The van der Waals surface area contributed by atoms with Crippen LogP contribution in [-0.4, -0.2) is 45.1 Å². The van der Waals surface area contributed by atoms with E-state index in [1.54, 1.807) is 15.8 Å². The van der Waals surface area contributed by atoms with Crippen LogP contribution in [0.4, 0.5) is 0 Å². The SMILES string of the molecule is CC(=O)N1CCC[C@H]1C(=O)NC(C)Cn1cccn1. The topological polar surface area (TPSA) is 67.2 Å². The van der Waals surface area contributed by atoms with Crippen LogP contribution < -0.4 is 5.32 Å². The van der Waals surface area contributed by atoms with Crippen molar-refractivity contribution in [2.75, 3.05) is 6.54 Å². The number of nitrogens with zero attached hydrogens (tertiary/aromatic N) is 3. The average Bonchev–Trinajstić information content (AvgIpc) is 2.97. The molecule has 1 aromatic heterocycles. The van der Waals surface area contributed by atoms with Gasteiger partial charge in [0.25, 0.3) is 0 Å². The molecule has 1 unspecified atom stereocenters. The van der Waals surface area contributed by atoms with Crippen LogP contribution in [0.2, 0.25) is 0 Å². The molecule has 0 saturated carbocycles. The van der Waals surface area contributed by atoms with Gasteiger partial charge < -0.3 is 10.2 Å². The van der Waals surface area contributed by atoms with Crippen LogP contribution in [0.5, 0.6) is 0 Å². The van der Waals surface area contributed by atoms with Gasteiger partial charge in [-0.05, 0) is 25.8 Å². The van der Waals surface area contributed by atoms with E-state index in [1.165, 1.54) is 6.92 Å². The molecule has 0 bridgehead atoms. The number of carbonyl (C=O) groups excluding carboxylic acids is 2. The maximum absolute atomic E-state index is 12.2. The van der Waals surface area contributed by atoms with Gasteiger partial charge in [0.15, 0.2) is 0 Å². The summed E-state index contributed by atoms with van der Waals surface area (Å²) < 4.78 is 1.78. The first-order valence-electron chi connectivity index (χ1n) is 6.63. The summed E-state index contributed by atoms with van der Waals surface area (Å²) in [7, 11) is 0. The number of hydrogen-bond acceptors (Lipinski definition) is 3. The van der Waals surface area contributed by atoms with E-state index >= 15 is 0 Å². The molecule has 1 aliphatic rings. The molecule has 0 radical (unpaired) electrons. The smallest absolute Gasteiger partial charge is 0.243 e. The molecule has 0 spiro atoms. The lowest BCUT2D eigenvalue weighted by molar-refractivity contribution is -0.137. The third kappa shape index (κ3) is 3.33. The molecule has 2 amide bonds. The molecule has 2 rings (SSSR count). The summed E-state index contributed by atoms with van der Waals surface area (Å²) in [6.45, 7) is 4.76. The number of nitrogens with one attached hydrogen (secondary N) is 1. The van der Waals surface area contributed by atoms with Gasteiger partial charge in [-0.15, -0.1) is 0 Å². The van der Waals surface area contributed by atoms with Crippen molar-refractivity contribution in [3.63, 3.8) is 0 Å². The van der Waals surface area contributed by atoms with E-state index in [2.05, 4.69) is 10.4 Å². The zero-order valence-corrected chi connectivity index (χ0v) is 11.4. The molecule has 0 aliphatic carbocycles. The van der Waals surface area contributed by atoms with Gasteiger partial charge in [-0.2, -0.15) is 5.10 Å². The highest BCUT2D eigenvalue weighted by atomic mass is 16.2.